The molecule has 102 valence electrons. The second-order valence-electron chi connectivity index (χ2n) is 4.72. The zero-order valence-corrected chi connectivity index (χ0v) is 12.2. The Morgan fingerprint density at radius 3 is 2.90 bits per heavy atom. The third-order valence-corrected chi connectivity index (χ3v) is 3.91. The molecule has 5 heteroatoms. The maximum atomic E-state index is 5.92. The van der Waals surface area contributed by atoms with Gasteiger partial charge in [-0.1, -0.05) is 12.1 Å². The molecule has 1 aromatic carbocycles. The minimum absolute atomic E-state index is 0.322. The first-order valence-corrected chi connectivity index (χ1v) is 7.21. The van der Waals surface area contributed by atoms with Crippen LogP contribution in [0.2, 0.25) is 0 Å². The van der Waals surface area contributed by atoms with E-state index in [0.29, 0.717) is 18.2 Å². The van der Waals surface area contributed by atoms with Crippen LogP contribution in [0.1, 0.15) is 17.0 Å². The standard InChI is InChI=1S/C15H15N3OS/c1-9-3-4-10(2)12(7-9)19-8-13-17-14(16)11-5-6-20-15(11)18-13/h3-7H,8H2,1-2H3,(H2,16,17,18). The monoisotopic (exact) mass is 285 g/mol. The first kappa shape index (κ1) is 12.9. The Hall–Kier alpha value is -2.14. The number of aryl methyl sites for hydroxylation is 2. The summed E-state index contributed by atoms with van der Waals surface area (Å²) in [6.45, 7) is 4.38. The smallest absolute Gasteiger partial charge is 0.169 e. The molecular formula is C15H15N3OS. The van der Waals surface area contributed by atoms with Crippen molar-refractivity contribution in [1.82, 2.24) is 9.97 Å². The summed E-state index contributed by atoms with van der Waals surface area (Å²) in [5, 5.41) is 2.87. The molecule has 20 heavy (non-hydrogen) atoms. The molecule has 0 aliphatic rings. The Kier molecular flexibility index (Phi) is 3.28. The van der Waals surface area contributed by atoms with Crippen molar-refractivity contribution in [2.45, 2.75) is 20.5 Å². The van der Waals surface area contributed by atoms with Crippen molar-refractivity contribution in [3.05, 3.63) is 46.6 Å². The molecule has 0 aliphatic heterocycles. The van der Waals surface area contributed by atoms with Gasteiger partial charge in [0.15, 0.2) is 5.82 Å². The molecule has 0 fully saturated rings. The van der Waals surface area contributed by atoms with Gasteiger partial charge in [0.1, 0.15) is 23.0 Å². The Morgan fingerprint density at radius 1 is 1.20 bits per heavy atom. The summed E-state index contributed by atoms with van der Waals surface area (Å²) in [5.41, 5.74) is 8.19. The number of thiophene rings is 1. The molecular weight excluding hydrogens is 270 g/mol. The number of hydrogen-bond donors (Lipinski definition) is 1. The average molecular weight is 285 g/mol. The number of nitrogen functional groups attached to an aromatic ring is 1. The fraction of sp³-hybridized carbons (Fsp3) is 0.200. The summed E-state index contributed by atoms with van der Waals surface area (Å²) < 4.78 is 5.81. The number of rotatable bonds is 3. The number of nitrogens with two attached hydrogens (primary N) is 1. The summed E-state index contributed by atoms with van der Waals surface area (Å²) >= 11 is 1.56. The normalized spacial score (nSPS) is 10.9. The molecule has 0 saturated carbocycles. The Morgan fingerprint density at radius 2 is 2.05 bits per heavy atom. The molecule has 0 bridgehead atoms. The number of aromatic nitrogens is 2. The van der Waals surface area contributed by atoms with Crippen LogP contribution in [0.25, 0.3) is 10.2 Å². The van der Waals surface area contributed by atoms with E-state index in [-0.39, 0.29) is 0 Å². The van der Waals surface area contributed by atoms with Crippen LogP contribution < -0.4 is 10.5 Å². The van der Waals surface area contributed by atoms with Crippen LogP contribution in [-0.2, 0) is 6.61 Å². The zero-order valence-electron chi connectivity index (χ0n) is 11.4. The van der Waals surface area contributed by atoms with Crippen molar-refractivity contribution in [2.24, 2.45) is 0 Å². The molecule has 0 unspecified atom stereocenters. The lowest BCUT2D eigenvalue weighted by Gasteiger charge is -2.09. The van der Waals surface area contributed by atoms with E-state index < -0.39 is 0 Å². The molecule has 0 amide bonds. The van der Waals surface area contributed by atoms with Crippen LogP contribution in [0.4, 0.5) is 5.82 Å². The third kappa shape index (κ3) is 2.44. The van der Waals surface area contributed by atoms with E-state index in [4.69, 9.17) is 10.5 Å². The number of fused-ring (bicyclic) bond motifs is 1. The molecule has 0 atom stereocenters. The predicted octanol–water partition coefficient (Wildman–Crippen LogP) is 3.47. The van der Waals surface area contributed by atoms with Crippen molar-refractivity contribution in [3.8, 4) is 5.75 Å². The van der Waals surface area contributed by atoms with Gasteiger partial charge in [-0.3, -0.25) is 0 Å². The Labute approximate surface area is 121 Å². The zero-order chi connectivity index (χ0) is 14.1. The minimum atomic E-state index is 0.322. The first-order valence-electron chi connectivity index (χ1n) is 6.33. The maximum Gasteiger partial charge on any atom is 0.169 e. The predicted molar refractivity (Wildman–Crippen MR) is 82.1 cm³/mol. The lowest BCUT2D eigenvalue weighted by atomic mass is 10.1. The van der Waals surface area contributed by atoms with Crippen LogP contribution in [-0.4, -0.2) is 9.97 Å². The maximum absolute atomic E-state index is 5.92. The van der Waals surface area contributed by atoms with Crippen molar-refractivity contribution < 1.29 is 4.74 Å². The highest BCUT2D eigenvalue weighted by Crippen LogP contribution is 2.24. The van der Waals surface area contributed by atoms with E-state index in [1.54, 1.807) is 11.3 Å². The molecule has 0 saturated heterocycles. The topological polar surface area (TPSA) is 61.0 Å². The van der Waals surface area contributed by atoms with E-state index in [1.165, 1.54) is 5.56 Å². The van der Waals surface area contributed by atoms with E-state index in [0.717, 1.165) is 21.5 Å². The Bertz CT molecular complexity index is 767. The number of benzene rings is 1. The highest BCUT2D eigenvalue weighted by molar-refractivity contribution is 7.16. The quantitative estimate of drug-likeness (QED) is 0.800. The van der Waals surface area contributed by atoms with Crippen molar-refractivity contribution in [2.75, 3.05) is 5.73 Å². The fourth-order valence-corrected chi connectivity index (χ4v) is 2.78. The molecule has 0 radical (unpaired) electrons. The van der Waals surface area contributed by atoms with Crippen LogP contribution in [0, 0.1) is 13.8 Å². The molecule has 2 N–H and O–H groups in total. The van der Waals surface area contributed by atoms with Crippen molar-refractivity contribution in [3.63, 3.8) is 0 Å². The molecule has 0 aliphatic carbocycles. The molecule has 2 aromatic heterocycles. The molecule has 4 nitrogen and oxygen atoms in total. The van der Waals surface area contributed by atoms with E-state index in [1.807, 2.05) is 37.4 Å². The van der Waals surface area contributed by atoms with Crippen LogP contribution in [0.5, 0.6) is 5.75 Å². The largest absolute Gasteiger partial charge is 0.485 e. The number of nitrogens with zero attached hydrogens (tertiary/aromatic N) is 2. The third-order valence-electron chi connectivity index (χ3n) is 3.10. The van der Waals surface area contributed by atoms with Crippen molar-refractivity contribution in [1.29, 1.82) is 0 Å². The first-order chi connectivity index (χ1) is 9.63. The minimum Gasteiger partial charge on any atom is -0.485 e. The summed E-state index contributed by atoms with van der Waals surface area (Å²) in [7, 11) is 0. The van der Waals surface area contributed by atoms with Gasteiger partial charge in [0.2, 0.25) is 0 Å². The fourth-order valence-electron chi connectivity index (χ4n) is 1.99. The van der Waals surface area contributed by atoms with Gasteiger partial charge in [0.05, 0.1) is 5.39 Å². The van der Waals surface area contributed by atoms with E-state index >= 15 is 0 Å². The number of ether oxygens (including phenoxy) is 1. The average Bonchev–Trinajstić information content (AvgIpc) is 2.89. The molecule has 0 spiro atoms. The van der Waals surface area contributed by atoms with Gasteiger partial charge >= 0.3 is 0 Å². The lowest BCUT2D eigenvalue weighted by Crippen LogP contribution is -2.04. The summed E-state index contributed by atoms with van der Waals surface area (Å²) in [5.74, 6) is 1.98. The van der Waals surface area contributed by atoms with Gasteiger partial charge in [-0.25, -0.2) is 9.97 Å². The lowest BCUT2D eigenvalue weighted by molar-refractivity contribution is 0.294. The van der Waals surface area contributed by atoms with Gasteiger partial charge in [0.25, 0.3) is 0 Å². The molecule has 2 heterocycles. The van der Waals surface area contributed by atoms with Gasteiger partial charge in [-0.05, 0) is 42.5 Å². The van der Waals surface area contributed by atoms with Crippen molar-refractivity contribution >= 4 is 27.4 Å². The summed E-state index contributed by atoms with van der Waals surface area (Å²) in [4.78, 5) is 9.65. The van der Waals surface area contributed by atoms with Crippen LogP contribution in [0.15, 0.2) is 29.6 Å². The highest BCUT2D eigenvalue weighted by atomic mass is 32.1. The van der Waals surface area contributed by atoms with Gasteiger partial charge in [0, 0.05) is 0 Å². The van der Waals surface area contributed by atoms with Crippen LogP contribution >= 0.6 is 11.3 Å². The SMILES string of the molecule is Cc1ccc(C)c(OCc2nc(N)c3ccsc3n2)c1. The summed E-state index contributed by atoms with van der Waals surface area (Å²) in [6.07, 6.45) is 0. The summed E-state index contributed by atoms with van der Waals surface area (Å²) in [6, 6.07) is 8.06. The van der Waals surface area contributed by atoms with Gasteiger partial charge < -0.3 is 10.5 Å². The Balaban J connectivity index is 1.84. The van der Waals surface area contributed by atoms with Gasteiger partial charge in [-0.15, -0.1) is 11.3 Å². The number of anilines is 1. The second-order valence-corrected chi connectivity index (χ2v) is 5.62. The number of hydrogen-bond acceptors (Lipinski definition) is 5. The van der Waals surface area contributed by atoms with E-state index in [2.05, 4.69) is 16.0 Å². The molecule has 3 aromatic rings. The van der Waals surface area contributed by atoms with E-state index in [9.17, 15) is 0 Å². The molecule has 3 rings (SSSR count). The highest BCUT2D eigenvalue weighted by Gasteiger charge is 2.08. The second kappa shape index (κ2) is 5.09. The van der Waals surface area contributed by atoms with Crippen LogP contribution in [0.3, 0.4) is 0 Å². The van der Waals surface area contributed by atoms with Gasteiger partial charge in [-0.2, -0.15) is 0 Å².